The Hall–Kier alpha value is -2.27. The van der Waals surface area contributed by atoms with Gasteiger partial charge in [-0.1, -0.05) is 22.8 Å². The highest BCUT2D eigenvalue weighted by Gasteiger charge is 2.20. The molecule has 0 fully saturated rings. The van der Waals surface area contributed by atoms with E-state index in [0.29, 0.717) is 24.4 Å². The number of nitrogens with zero attached hydrogens (tertiary/aromatic N) is 3. The summed E-state index contributed by atoms with van der Waals surface area (Å²) >= 11 is 5.79. The van der Waals surface area contributed by atoms with Crippen LogP contribution >= 0.6 is 11.6 Å². The number of benzene rings is 1. The maximum absolute atomic E-state index is 13.2. The SMILES string of the molecule is CC1=Nc2nccc(/C(Cc3ccc(F)c(Cl)c3)=N/O)c2C1. The highest BCUT2D eigenvalue weighted by Crippen LogP contribution is 2.28. The summed E-state index contributed by atoms with van der Waals surface area (Å²) in [5.74, 6) is 0.190. The molecule has 0 unspecified atom stereocenters. The van der Waals surface area contributed by atoms with Gasteiger partial charge in [0.2, 0.25) is 0 Å². The van der Waals surface area contributed by atoms with Gasteiger partial charge in [0.05, 0.1) is 10.7 Å². The topological polar surface area (TPSA) is 57.8 Å². The lowest BCUT2D eigenvalue weighted by Gasteiger charge is -2.09. The van der Waals surface area contributed by atoms with Crippen LogP contribution in [0.3, 0.4) is 0 Å². The molecule has 1 aliphatic heterocycles. The molecule has 6 heteroatoms. The van der Waals surface area contributed by atoms with Gasteiger partial charge in [-0.15, -0.1) is 0 Å². The van der Waals surface area contributed by atoms with Gasteiger partial charge >= 0.3 is 0 Å². The monoisotopic (exact) mass is 317 g/mol. The van der Waals surface area contributed by atoms with E-state index in [4.69, 9.17) is 11.6 Å². The smallest absolute Gasteiger partial charge is 0.155 e. The Kier molecular flexibility index (Phi) is 3.90. The van der Waals surface area contributed by atoms with Gasteiger partial charge in [-0.3, -0.25) is 0 Å². The van der Waals surface area contributed by atoms with E-state index in [2.05, 4.69) is 15.1 Å². The molecule has 0 spiro atoms. The zero-order chi connectivity index (χ0) is 15.7. The highest BCUT2D eigenvalue weighted by molar-refractivity contribution is 6.30. The second-order valence-corrected chi connectivity index (χ2v) is 5.56. The zero-order valence-corrected chi connectivity index (χ0v) is 12.6. The number of rotatable bonds is 3. The van der Waals surface area contributed by atoms with Gasteiger partial charge < -0.3 is 5.21 Å². The number of aliphatic imine (C=N–C) groups is 1. The third-order valence-electron chi connectivity index (χ3n) is 3.55. The van der Waals surface area contributed by atoms with E-state index in [1.807, 2.05) is 6.92 Å². The molecule has 0 aliphatic carbocycles. The van der Waals surface area contributed by atoms with E-state index < -0.39 is 5.82 Å². The van der Waals surface area contributed by atoms with Crippen LogP contribution in [0.15, 0.2) is 40.6 Å². The standard InChI is InChI=1S/C16H13ClFN3O/c1-9-6-12-11(4-5-19-16(12)20-9)15(21-22)8-10-2-3-14(18)13(17)7-10/h2-5,7,22H,6,8H2,1H3/b21-15+. The normalized spacial score (nSPS) is 14.0. The molecule has 2 aromatic rings. The third-order valence-corrected chi connectivity index (χ3v) is 3.84. The van der Waals surface area contributed by atoms with Crippen molar-refractivity contribution in [3.63, 3.8) is 0 Å². The summed E-state index contributed by atoms with van der Waals surface area (Å²) in [5, 5.41) is 12.8. The van der Waals surface area contributed by atoms with Gasteiger partial charge in [0.25, 0.3) is 0 Å². The zero-order valence-electron chi connectivity index (χ0n) is 11.8. The summed E-state index contributed by atoms with van der Waals surface area (Å²) in [6.45, 7) is 1.93. The Bertz CT molecular complexity index is 802. The quantitative estimate of drug-likeness (QED) is 0.529. The summed E-state index contributed by atoms with van der Waals surface area (Å²) in [6, 6.07) is 6.25. The molecule has 3 rings (SSSR count). The Morgan fingerprint density at radius 2 is 2.23 bits per heavy atom. The number of aromatic nitrogens is 1. The van der Waals surface area contributed by atoms with Crippen LogP contribution in [0.1, 0.15) is 23.6 Å². The number of oxime groups is 1. The Morgan fingerprint density at radius 3 is 2.95 bits per heavy atom. The Balaban J connectivity index is 1.94. The minimum Gasteiger partial charge on any atom is -0.411 e. The van der Waals surface area contributed by atoms with E-state index in [0.717, 1.165) is 22.4 Å². The molecule has 1 aliphatic rings. The van der Waals surface area contributed by atoms with E-state index >= 15 is 0 Å². The average Bonchev–Trinajstić information content (AvgIpc) is 2.88. The highest BCUT2D eigenvalue weighted by atomic mass is 35.5. The van der Waals surface area contributed by atoms with Crippen molar-refractivity contribution in [2.24, 2.45) is 10.1 Å². The average molecular weight is 318 g/mol. The van der Waals surface area contributed by atoms with Crippen LogP contribution in [-0.4, -0.2) is 21.6 Å². The van der Waals surface area contributed by atoms with Gasteiger partial charge in [0.1, 0.15) is 5.82 Å². The second kappa shape index (κ2) is 5.85. The predicted molar refractivity (Wildman–Crippen MR) is 84.1 cm³/mol. The van der Waals surface area contributed by atoms with Crippen molar-refractivity contribution in [1.82, 2.24) is 4.98 Å². The lowest BCUT2D eigenvalue weighted by atomic mass is 9.97. The fraction of sp³-hybridized carbons (Fsp3) is 0.188. The summed E-state index contributed by atoms with van der Waals surface area (Å²) < 4.78 is 13.2. The second-order valence-electron chi connectivity index (χ2n) is 5.16. The molecular weight excluding hydrogens is 305 g/mol. The van der Waals surface area contributed by atoms with Gasteiger partial charge in [-0.05, 0) is 30.7 Å². The molecule has 0 saturated heterocycles. The van der Waals surface area contributed by atoms with Crippen LogP contribution in [0.5, 0.6) is 0 Å². The van der Waals surface area contributed by atoms with Crippen LogP contribution in [0.2, 0.25) is 5.02 Å². The van der Waals surface area contributed by atoms with Crippen molar-refractivity contribution in [3.8, 4) is 0 Å². The van der Waals surface area contributed by atoms with E-state index in [1.54, 1.807) is 18.3 Å². The summed E-state index contributed by atoms with van der Waals surface area (Å²) in [7, 11) is 0. The largest absolute Gasteiger partial charge is 0.411 e. The first-order valence-electron chi connectivity index (χ1n) is 6.75. The number of halogens is 2. The summed E-state index contributed by atoms with van der Waals surface area (Å²) in [6.07, 6.45) is 2.66. The number of pyridine rings is 1. The van der Waals surface area contributed by atoms with Crippen LogP contribution in [0.4, 0.5) is 10.2 Å². The molecule has 22 heavy (non-hydrogen) atoms. The first-order chi connectivity index (χ1) is 10.6. The molecule has 112 valence electrons. The van der Waals surface area contributed by atoms with Crippen LogP contribution < -0.4 is 0 Å². The van der Waals surface area contributed by atoms with Crippen molar-refractivity contribution < 1.29 is 9.60 Å². The molecule has 1 aromatic heterocycles. The molecule has 0 amide bonds. The van der Waals surface area contributed by atoms with Crippen LogP contribution in [0.25, 0.3) is 0 Å². The Labute approximate surface area is 132 Å². The number of fused-ring (bicyclic) bond motifs is 1. The molecule has 1 aromatic carbocycles. The van der Waals surface area contributed by atoms with Crippen molar-refractivity contribution in [2.75, 3.05) is 0 Å². The van der Waals surface area contributed by atoms with E-state index in [1.165, 1.54) is 12.1 Å². The van der Waals surface area contributed by atoms with Gasteiger partial charge in [-0.2, -0.15) is 0 Å². The van der Waals surface area contributed by atoms with E-state index in [-0.39, 0.29) is 5.02 Å². The van der Waals surface area contributed by atoms with Gasteiger partial charge in [-0.25, -0.2) is 14.4 Å². The van der Waals surface area contributed by atoms with E-state index in [9.17, 15) is 9.60 Å². The van der Waals surface area contributed by atoms with Crippen LogP contribution in [0, 0.1) is 5.82 Å². The minimum atomic E-state index is -0.471. The first-order valence-corrected chi connectivity index (χ1v) is 7.13. The lowest BCUT2D eigenvalue weighted by molar-refractivity contribution is 0.318. The van der Waals surface area contributed by atoms with Crippen LogP contribution in [-0.2, 0) is 12.8 Å². The molecule has 2 heterocycles. The maximum atomic E-state index is 13.2. The first kappa shape index (κ1) is 14.7. The van der Waals surface area contributed by atoms with Crippen molar-refractivity contribution in [3.05, 3.63) is 58.0 Å². The summed E-state index contributed by atoms with van der Waals surface area (Å²) in [5.41, 5.74) is 3.96. The Morgan fingerprint density at radius 1 is 1.41 bits per heavy atom. The van der Waals surface area contributed by atoms with Crippen molar-refractivity contribution in [2.45, 2.75) is 19.8 Å². The van der Waals surface area contributed by atoms with Gasteiger partial charge in [0, 0.05) is 35.9 Å². The molecule has 1 N–H and O–H groups in total. The maximum Gasteiger partial charge on any atom is 0.155 e. The molecular formula is C16H13ClFN3O. The van der Waals surface area contributed by atoms with Gasteiger partial charge in [0.15, 0.2) is 5.82 Å². The minimum absolute atomic E-state index is 0.0499. The number of hydrogen-bond donors (Lipinski definition) is 1. The summed E-state index contributed by atoms with van der Waals surface area (Å²) in [4.78, 5) is 8.59. The molecule has 0 atom stereocenters. The lowest BCUT2D eigenvalue weighted by Crippen LogP contribution is -2.09. The fourth-order valence-electron chi connectivity index (χ4n) is 2.53. The molecule has 4 nitrogen and oxygen atoms in total. The molecule has 0 radical (unpaired) electrons. The third kappa shape index (κ3) is 2.72. The molecule has 0 bridgehead atoms. The van der Waals surface area contributed by atoms with Crippen molar-refractivity contribution >= 4 is 28.8 Å². The van der Waals surface area contributed by atoms with Crippen molar-refractivity contribution in [1.29, 1.82) is 0 Å². The number of hydrogen-bond acceptors (Lipinski definition) is 4. The fourth-order valence-corrected chi connectivity index (χ4v) is 2.73. The predicted octanol–water partition coefficient (Wildman–Crippen LogP) is 3.94. The molecule has 0 saturated carbocycles.